The molecule has 4 fully saturated rings. The van der Waals surface area contributed by atoms with E-state index in [4.69, 9.17) is 37.9 Å². The summed E-state index contributed by atoms with van der Waals surface area (Å²) in [4.78, 5) is 118. The number of likely N-dealkylation sites (tertiary alicyclic amines) is 3. The van der Waals surface area contributed by atoms with Crippen LogP contribution in [0.25, 0.3) is 0 Å². The van der Waals surface area contributed by atoms with Crippen molar-refractivity contribution in [2.24, 2.45) is 17.8 Å². The fourth-order valence-corrected chi connectivity index (χ4v) is 9.29. The van der Waals surface area contributed by atoms with E-state index in [1.807, 2.05) is 91.0 Å². The van der Waals surface area contributed by atoms with E-state index in [2.05, 4.69) is 0 Å². The van der Waals surface area contributed by atoms with Crippen LogP contribution in [0.4, 0.5) is 14.4 Å². The van der Waals surface area contributed by atoms with Crippen LogP contribution >= 0.6 is 24.0 Å². The number of halogens is 1. The first kappa shape index (κ1) is 76.6. The molecule has 7 rings (SSSR count). The molecule has 25 heteroatoms. The third-order valence-corrected chi connectivity index (χ3v) is 12.9. The summed E-state index contributed by atoms with van der Waals surface area (Å²) in [5.74, 6) is -6.18. The van der Waals surface area contributed by atoms with Crippen molar-refractivity contribution >= 4 is 78.0 Å². The Labute approximate surface area is 528 Å². The molecule has 0 spiro atoms. The van der Waals surface area contributed by atoms with Crippen molar-refractivity contribution in [1.29, 1.82) is 0 Å². The van der Waals surface area contributed by atoms with Crippen molar-refractivity contribution in [3.8, 4) is 0 Å². The van der Waals surface area contributed by atoms with Gasteiger partial charge in [0.1, 0.15) is 54.7 Å². The Bertz CT molecular complexity index is 2640. The molecule has 23 nitrogen and oxygen atoms in total. The average molecular weight is 1300 g/mol. The Morgan fingerprint density at radius 2 is 0.788 bits per heavy atom. The van der Waals surface area contributed by atoms with Gasteiger partial charge in [0.25, 0.3) is 0 Å². The Morgan fingerprint density at radius 3 is 1.09 bits per heavy atom. The van der Waals surface area contributed by atoms with Gasteiger partial charge in [0.2, 0.25) is 5.91 Å². The zero-order valence-corrected chi connectivity index (χ0v) is 52.2. The van der Waals surface area contributed by atoms with E-state index < -0.39 is 101 Å². The first-order valence-electron chi connectivity index (χ1n) is 27.0. The van der Waals surface area contributed by atoms with Gasteiger partial charge >= 0.3 is 67.0 Å². The van der Waals surface area contributed by atoms with Gasteiger partial charge in [-0.15, -0.1) is 24.0 Å². The Kier molecular flexibility index (Phi) is 31.7. The van der Waals surface area contributed by atoms with Gasteiger partial charge in [0.05, 0.1) is 38.1 Å². The molecule has 4 aliphatic rings. The summed E-state index contributed by atoms with van der Waals surface area (Å²) >= 11 is 0. The van der Waals surface area contributed by atoms with Gasteiger partial charge in [0.15, 0.2) is 0 Å². The van der Waals surface area contributed by atoms with Gasteiger partial charge in [-0.1, -0.05) is 98.4 Å². The van der Waals surface area contributed by atoms with E-state index in [0.29, 0.717) is 39.1 Å². The molecule has 0 unspecified atom stereocenters. The van der Waals surface area contributed by atoms with E-state index in [9.17, 15) is 48.3 Å². The standard InChI is InChI=1S/C22H30N2O6.C19H25NO6.C18H23NO6.CH4.HI.Li.H2O.H2/c1-22(2,3)30-20(26)18-17(19(25)23-11-13-28-14-12-23)9-10-24(18)21(27)29-15-16-7-5-4-6-8-16;1-19(2,3)26-17(22)15-14(16(21)24-4)10-11-20(15)18(23)25-12-13-8-6-5-7-9-13;1-18(2,3)25-16(22)14-13(15(20)21)9-10-19(14)17(23)24-11-12-7-5-4-6-8-12;;;;;/h4-8,17-18H,9-15H2,1-3H3;5-9,14-15H,10-12H2,1-4H3;4-8,13-14H,9-11H2,1-3H3,(H,20,21);1H4;1H;;1H2;1H/q;;;;;+1;;/p-1/t17-,18-;14-,15-;13-,14-;;;;;/m000...../s1. The topological polar surface area (TPSA) is 291 Å². The summed E-state index contributed by atoms with van der Waals surface area (Å²) in [6, 6.07) is 24.4. The summed E-state index contributed by atoms with van der Waals surface area (Å²) in [5, 5.41) is 9.35. The number of esters is 4. The molecule has 4 saturated heterocycles. The number of carboxylic acids is 1. The van der Waals surface area contributed by atoms with Crippen LogP contribution in [0, 0.1) is 17.8 Å². The van der Waals surface area contributed by atoms with Crippen molar-refractivity contribution in [2.45, 2.75) is 144 Å². The minimum atomic E-state index is -1.18. The summed E-state index contributed by atoms with van der Waals surface area (Å²) in [7, 11) is 1.25. The molecule has 0 aliphatic carbocycles. The first-order valence-corrected chi connectivity index (χ1v) is 27.0. The number of methoxy groups -OCH3 is 1. The first-order chi connectivity index (χ1) is 38.2. The quantitative estimate of drug-likeness (QED) is 0.101. The molecular formula is C60H86ILiN4O19. The van der Waals surface area contributed by atoms with Gasteiger partial charge in [-0.2, -0.15) is 0 Å². The predicted octanol–water partition coefficient (Wildman–Crippen LogP) is 5.51. The van der Waals surface area contributed by atoms with Crippen molar-refractivity contribution in [2.75, 3.05) is 53.0 Å². The number of morpholine rings is 1. The molecule has 0 radical (unpaired) electrons. The number of amides is 4. The molecule has 0 bridgehead atoms. The van der Waals surface area contributed by atoms with Crippen molar-refractivity contribution in [3.63, 3.8) is 0 Å². The molecule has 4 amide bonds. The fraction of sp³-hybridized carbons (Fsp3) is 0.550. The van der Waals surface area contributed by atoms with Crippen LogP contribution in [-0.4, -0.2) is 172 Å². The van der Waals surface area contributed by atoms with Gasteiger partial charge in [0, 0.05) is 34.2 Å². The molecule has 4 aliphatic heterocycles. The molecular weight excluding hydrogens is 1210 g/mol. The molecule has 85 heavy (non-hydrogen) atoms. The number of hydrogen-bond acceptors (Lipinski definition) is 18. The predicted molar refractivity (Wildman–Crippen MR) is 316 cm³/mol. The van der Waals surface area contributed by atoms with E-state index >= 15 is 0 Å². The number of carboxylic acid groups (broad SMARTS) is 1. The van der Waals surface area contributed by atoms with Gasteiger partial charge < -0.3 is 53.4 Å². The zero-order chi connectivity index (χ0) is 59.7. The number of carbonyl (C=O) groups is 9. The SMILES string of the molecule is C.CC(C)(C)OC(=O)[C@@H]1[C@@H](C(=O)N2CCOCC2)CCN1C(=O)OCc1ccccc1.CC(C)(C)OC(=O)[C@@H]1[C@@H](C(=O)O)CCN1C(=O)OCc1ccccc1.COC(=O)[C@H]1CCN(C(=O)OCc2ccccc2)[C@@H]1C(=O)OC(C)(C)C.I.[HH].[Li+].[OH-]. The number of benzene rings is 3. The van der Waals surface area contributed by atoms with Crippen molar-refractivity contribution < 1.29 is 112 Å². The minimum absolute atomic E-state index is 0. The van der Waals surface area contributed by atoms with Crippen LogP contribution in [-0.2, 0) is 86.5 Å². The second-order valence-electron chi connectivity index (χ2n) is 22.6. The molecule has 0 aromatic heterocycles. The van der Waals surface area contributed by atoms with Gasteiger partial charge in [-0.3, -0.25) is 29.1 Å². The number of hydrogen-bond donors (Lipinski definition) is 1. The maximum atomic E-state index is 13.1. The number of carbonyl (C=O) groups excluding carboxylic acids is 8. The molecule has 3 aromatic rings. The Hall–Kier alpha value is -6.46. The van der Waals surface area contributed by atoms with Crippen LogP contribution < -0.4 is 18.9 Å². The van der Waals surface area contributed by atoms with Crippen LogP contribution in [0.5, 0.6) is 0 Å². The fourth-order valence-electron chi connectivity index (χ4n) is 9.29. The van der Waals surface area contributed by atoms with Crippen molar-refractivity contribution in [1.82, 2.24) is 19.6 Å². The third-order valence-electron chi connectivity index (χ3n) is 12.9. The number of aliphatic carboxylic acids is 1. The summed E-state index contributed by atoms with van der Waals surface area (Å²) in [5.41, 5.74) is 0.241. The summed E-state index contributed by atoms with van der Waals surface area (Å²) < 4.78 is 42.3. The third kappa shape index (κ3) is 23.7. The number of nitrogens with zero attached hydrogens (tertiary/aromatic N) is 4. The van der Waals surface area contributed by atoms with Crippen LogP contribution in [0.2, 0.25) is 0 Å². The second kappa shape index (κ2) is 35.2. The number of ether oxygens (including phenoxy) is 8. The largest absolute Gasteiger partial charge is 1.00 e. The van der Waals surface area contributed by atoms with Gasteiger partial charge in [-0.05, 0) is 98.3 Å². The molecule has 4 heterocycles. The smallest absolute Gasteiger partial charge is 0.870 e. The maximum absolute atomic E-state index is 13.1. The van der Waals surface area contributed by atoms with Crippen molar-refractivity contribution in [3.05, 3.63) is 108 Å². The summed E-state index contributed by atoms with van der Waals surface area (Å²) in [6.45, 7) is 18.3. The van der Waals surface area contributed by atoms with E-state index in [1.165, 1.54) is 16.9 Å². The van der Waals surface area contributed by atoms with E-state index in [0.717, 1.165) is 21.6 Å². The second-order valence-corrected chi connectivity index (χ2v) is 22.6. The molecule has 0 saturated carbocycles. The van der Waals surface area contributed by atoms with Crippen LogP contribution in [0.3, 0.4) is 0 Å². The number of rotatable bonds is 12. The van der Waals surface area contributed by atoms with E-state index in [1.54, 1.807) is 67.2 Å². The normalized spacial score (nSPS) is 19.7. The van der Waals surface area contributed by atoms with Crippen LogP contribution in [0.1, 0.15) is 107 Å². The molecule has 6 atom stereocenters. The monoisotopic (exact) mass is 1300 g/mol. The average Bonchev–Trinajstić information content (AvgIpc) is 4.27. The van der Waals surface area contributed by atoms with Gasteiger partial charge in [-0.25, -0.2) is 28.8 Å². The van der Waals surface area contributed by atoms with Crippen LogP contribution in [0.15, 0.2) is 91.0 Å². The Balaban J connectivity index is 0.00000123. The zero-order valence-electron chi connectivity index (χ0n) is 49.8. The molecule has 2 N–H and O–H groups in total. The van der Waals surface area contributed by atoms with E-state index in [-0.39, 0.29) is 109 Å². The summed E-state index contributed by atoms with van der Waals surface area (Å²) in [6.07, 6.45) is -1.11. The Morgan fingerprint density at radius 1 is 0.494 bits per heavy atom. The minimum Gasteiger partial charge on any atom is -0.870 e. The molecule has 3 aromatic carbocycles. The maximum Gasteiger partial charge on any atom is 1.00 e. The molecule has 468 valence electrons.